The quantitative estimate of drug-likeness (QED) is 0.484. The molecule has 2 atom stereocenters. The molecule has 30 heavy (non-hydrogen) atoms. The Labute approximate surface area is 177 Å². The summed E-state index contributed by atoms with van der Waals surface area (Å²) >= 11 is 0. The molecule has 1 aliphatic carbocycles. The van der Waals surface area contributed by atoms with Crippen molar-refractivity contribution in [3.8, 4) is 5.75 Å². The van der Waals surface area contributed by atoms with Gasteiger partial charge in [-0.15, -0.1) is 0 Å². The highest BCUT2D eigenvalue weighted by Crippen LogP contribution is 2.31. The maximum absolute atomic E-state index is 11.3. The van der Waals surface area contributed by atoms with Gasteiger partial charge in [0.05, 0.1) is 11.5 Å². The van der Waals surface area contributed by atoms with E-state index < -0.39 is 19.0 Å². The van der Waals surface area contributed by atoms with Gasteiger partial charge in [0.2, 0.25) is 0 Å². The second kappa shape index (κ2) is 10.6. The summed E-state index contributed by atoms with van der Waals surface area (Å²) in [5.74, 6) is -1.27. The lowest BCUT2D eigenvalue weighted by Crippen LogP contribution is -2.51. The van der Waals surface area contributed by atoms with Gasteiger partial charge in [-0.25, -0.2) is 4.79 Å². The lowest BCUT2D eigenvalue weighted by Gasteiger charge is -2.33. The zero-order valence-electron chi connectivity index (χ0n) is 17.4. The van der Waals surface area contributed by atoms with Crippen LogP contribution in [0.1, 0.15) is 54.4 Å². The van der Waals surface area contributed by atoms with E-state index in [9.17, 15) is 14.8 Å². The van der Waals surface area contributed by atoms with E-state index in [0.29, 0.717) is 13.0 Å². The van der Waals surface area contributed by atoms with E-state index in [1.807, 2.05) is 0 Å². The molecule has 0 bridgehead atoms. The van der Waals surface area contributed by atoms with Gasteiger partial charge in [-0.3, -0.25) is 4.90 Å². The number of carboxylic acids is 1. The second-order valence-corrected chi connectivity index (χ2v) is 8.32. The maximum Gasteiger partial charge on any atom is 0.570 e. The van der Waals surface area contributed by atoms with E-state index in [2.05, 4.69) is 21.9 Å². The number of piperidine rings is 1. The molecule has 0 amide bonds. The van der Waals surface area contributed by atoms with Crippen LogP contribution >= 0.6 is 0 Å². The van der Waals surface area contributed by atoms with Crippen molar-refractivity contribution in [1.29, 1.82) is 0 Å². The van der Waals surface area contributed by atoms with Gasteiger partial charge in [0.1, 0.15) is 5.75 Å². The van der Waals surface area contributed by atoms with Crippen LogP contribution in [-0.4, -0.2) is 54.6 Å². The van der Waals surface area contributed by atoms with Crippen molar-refractivity contribution in [3.05, 3.63) is 46.5 Å². The number of nitroso groups, excluding NO2 is 1. The molecule has 8 nitrogen and oxygen atoms in total. The van der Waals surface area contributed by atoms with Crippen LogP contribution in [0.4, 0.5) is 0 Å². The van der Waals surface area contributed by atoms with Crippen LogP contribution in [0.2, 0.25) is 0 Å². The Morgan fingerprint density at radius 3 is 2.67 bits per heavy atom. The summed E-state index contributed by atoms with van der Waals surface area (Å²) in [7, 11) is -1.01. The molecule has 1 saturated carbocycles. The van der Waals surface area contributed by atoms with E-state index >= 15 is 0 Å². The molecule has 0 radical (unpaired) electrons. The lowest BCUT2D eigenvalue weighted by atomic mass is 9.68. The number of hydrogen-bond acceptors (Lipinski definition) is 7. The number of likely N-dealkylation sites (tertiary alicyclic amines) is 1. The summed E-state index contributed by atoms with van der Waals surface area (Å²) in [4.78, 5) is 24.8. The monoisotopic (exact) mass is 414 g/mol. The van der Waals surface area contributed by atoms with Crippen LogP contribution in [0.15, 0.2) is 35.6 Å². The Balaban J connectivity index is 0.000000572. The molecule has 2 unspecified atom stereocenters. The molecule has 162 valence electrons. The maximum atomic E-state index is 11.3. The highest BCUT2D eigenvalue weighted by Gasteiger charge is 2.39. The van der Waals surface area contributed by atoms with E-state index in [-0.39, 0.29) is 17.4 Å². The van der Waals surface area contributed by atoms with Crippen molar-refractivity contribution in [2.75, 3.05) is 19.6 Å². The SMILES string of the molecule is C1CCC1.C=C(CN1CCCC(N)C1)NC1Cc2cccc(C(=O)O)c2OB1N=O. The Kier molecular flexibility index (Phi) is 7.87. The van der Waals surface area contributed by atoms with E-state index in [4.69, 9.17) is 10.4 Å². The fourth-order valence-corrected chi connectivity index (χ4v) is 3.87. The first-order valence-electron chi connectivity index (χ1n) is 10.7. The van der Waals surface area contributed by atoms with Crippen molar-refractivity contribution >= 4 is 13.0 Å². The van der Waals surface area contributed by atoms with Gasteiger partial charge in [-0.05, 0) is 37.4 Å². The number of hydrogen-bond donors (Lipinski definition) is 3. The van der Waals surface area contributed by atoms with Crippen molar-refractivity contribution < 1.29 is 14.6 Å². The Morgan fingerprint density at radius 2 is 2.07 bits per heavy atom. The first-order valence-corrected chi connectivity index (χ1v) is 10.7. The van der Waals surface area contributed by atoms with Gasteiger partial charge in [-0.1, -0.05) is 49.5 Å². The number of carboxylic acid groups (broad SMARTS) is 1. The zero-order valence-corrected chi connectivity index (χ0v) is 17.4. The molecule has 2 aliphatic heterocycles. The number of nitrogens with one attached hydrogen (secondary N) is 1. The Morgan fingerprint density at radius 1 is 1.33 bits per heavy atom. The number of benzene rings is 1. The average Bonchev–Trinajstić information content (AvgIpc) is 2.65. The van der Waals surface area contributed by atoms with Gasteiger partial charge < -0.3 is 20.8 Å². The molecular weight excluding hydrogens is 383 g/mol. The number of nitrogens with two attached hydrogens (primary N) is 1. The number of nitrogens with zero attached hydrogens (tertiary/aromatic N) is 2. The minimum absolute atomic E-state index is 0.0377. The summed E-state index contributed by atoms with van der Waals surface area (Å²) in [5.41, 5.74) is 7.54. The first-order chi connectivity index (χ1) is 14.5. The van der Waals surface area contributed by atoms with Crippen molar-refractivity contribution in [2.45, 2.75) is 56.9 Å². The third-order valence-corrected chi connectivity index (χ3v) is 5.80. The van der Waals surface area contributed by atoms with Crippen molar-refractivity contribution in [2.24, 2.45) is 10.8 Å². The highest BCUT2D eigenvalue weighted by molar-refractivity contribution is 6.53. The third kappa shape index (κ3) is 5.83. The number of para-hydroxylation sites is 1. The molecule has 0 spiro atoms. The summed E-state index contributed by atoms with van der Waals surface area (Å²) < 4.78 is 5.60. The molecule has 9 heteroatoms. The van der Waals surface area contributed by atoms with Crippen LogP contribution in [0.5, 0.6) is 5.75 Å². The molecule has 3 aliphatic rings. The minimum Gasteiger partial charge on any atom is -0.536 e. The summed E-state index contributed by atoms with van der Waals surface area (Å²) in [6.07, 6.45) is 8.53. The van der Waals surface area contributed by atoms with Crippen LogP contribution in [0.25, 0.3) is 0 Å². The molecule has 4 N–H and O–H groups in total. The predicted octanol–water partition coefficient (Wildman–Crippen LogP) is 2.57. The van der Waals surface area contributed by atoms with Gasteiger partial charge in [0, 0.05) is 24.8 Å². The van der Waals surface area contributed by atoms with E-state index in [0.717, 1.165) is 37.2 Å². The predicted molar refractivity (Wildman–Crippen MR) is 117 cm³/mol. The van der Waals surface area contributed by atoms with Crippen LogP contribution < -0.4 is 15.7 Å². The molecule has 2 fully saturated rings. The highest BCUT2D eigenvalue weighted by atomic mass is 16.5. The van der Waals surface area contributed by atoms with E-state index in [1.165, 1.54) is 31.7 Å². The molecule has 1 aromatic carbocycles. The third-order valence-electron chi connectivity index (χ3n) is 5.80. The molecule has 0 aromatic heterocycles. The van der Waals surface area contributed by atoms with Gasteiger partial charge >= 0.3 is 13.0 Å². The Hall–Kier alpha value is -2.39. The summed E-state index contributed by atoms with van der Waals surface area (Å²) in [5, 5.41) is 15.5. The van der Waals surface area contributed by atoms with Gasteiger partial charge in [-0.2, -0.15) is 4.91 Å². The van der Waals surface area contributed by atoms with Crippen LogP contribution in [-0.2, 0) is 6.42 Å². The first kappa shape index (κ1) is 22.3. The smallest absolute Gasteiger partial charge is 0.536 e. The number of rotatable bonds is 6. The molecular formula is C21H31BN4O4. The fourth-order valence-electron chi connectivity index (χ4n) is 3.87. The summed E-state index contributed by atoms with van der Waals surface area (Å²) in [6, 6.07) is 5.10. The normalized spacial score (nSPS) is 23.0. The van der Waals surface area contributed by atoms with Crippen molar-refractivity contribution in [3.63, 3.8) is 0 Å². The fraction of sp³-hybridized carbons (Fsp3) is 0.571. The largest absolute Gasteiger partial charge is 0.570 e. The van der Waals surface area contributed by atoms with Gasteiger partial charge in [0.25, 0.3) is 0 Å². The van der Waals surface area contributed by atoms with Gasteiger partial charge in [0.15, 0.2) is 0 Å². The van der Waals surface area contributed by atoms with Crippen LogP contribution in [0, 0.1) is 4.91 Å². The Bertz CT molecular complexity index is 767. The minimum atomic E-state index is -1.09. The number of aromatic carboxylic acids is 1. The number of fused-ring (bicyclic) bond motifs is 1. The topological polar surface area (TPSA) is 117 Å². The number of carbonyl (C=O) groups is 1. The lowest BCUT2D eigenvalue weighted by molar-refractivity contribution is 0.0694. The summed E-state index contributed by atoms with van der Waals surface area (Å²) in [6.45, 7) is 6.48. The molecule has 4 rings (SSSR count). The van der Waals surface area contributed by atoms with E-state index in [1.54, 1.807) is 12.1 Å². The van der Waals surface area contributed by atoms with Crippen LogP contribution in [0.3, 0.4) is 0 Å². The van der Waals surface area contributed by atoms with Crippen molar-refractivity contribution in [1.82, 2.24) is 10.2 Å². The molecule has 2 heterocycles. The zero-order chi connectivity index (χ0) is 21.5. The standard InChI is InChI=1S/C17H23BN4O4.C4H8/c1-11(9-22-7-3-5-13(19)10-22)20-15-8-12-4-2-6-14(17(23)24)16(12)26-18(15)21-25;1-2-4-3-1/h2,4,6,13,15,20H,1,3,5,7-10,19H2,(H,23,24);1-4H2. The molecule has 1 saturated heterocycles. The average molecular weight is 414 g/mol. The molecule has 1 aromatic rings. The second-order valence-electron chi connectivity index (χ2n) is 8.32.